The van der Waals surface area contributed by atoms with E-state index < -0.39 is 0 Å². The van der Waals surface area contributed by atoms with Crippen LogP contribution in [0.5, 0.6) is 0 Å². The number of thiocarbonyl (C=S) groups is 1. The van der Waals surface area contributed by atoms with Crippen LogP contribution in [0.4, 0.5) is 0 Å². The van der Waals surface area contributed by atoms with Gasteiger partial charge in [0.15, 0.2) is 5.11 Å². The highest BCUT2D eigenvalue weighted by atomic mass is 32.1. The van der Waals surface area contributed by atoms with Crippen molar-refractivity contribution < 1.29 is 0 Å². The topological polar surface area (TPSA) is 15.3 Å². The first-order valence-corrected chi connectivity index (χ1v) is 5.97. The summed E-state index contributed by atoms with van der Waals surface area (Å²) in [7, 11) is 3.84. The van der Waals surface area contributed by atoms with Gasteiger partial charge in [-0.25, -0.2) is 0 Å². The van der Waals surface area contributed by atoms with Gasteiger partial charge in [-0.1, -0.05) is 38.1 Å². The Hall–Kier alpha value is -1.09. The van der Waals surface area contributed by atoms with Crippen molar-refractivity contribution in [2.24, 2.45) is 0 Å². The minimum absolute atomic E-state index is 0.588. The Morgan fingerprint density at radius 1 is 1.31 bits per heavy atom. The molecule has 0 atom stereocenters. The van der Waals surface area contributed by atoms with Crippen LogP contribution >= 0.6 is 12.2 Å². The summed E-state index contributed by atoms with van der Waals surface area (Å²) in [6.45, 7) is 5.26. The molecule has 0 saturated heterocycles. The highest BCUT2D eigenvalue weighted by molar-refractivity contribution is 7.80. The first-order chi connectivity index (χ1) is 7.54. The second-order valence-electron chi connectivity index (χ2n) is 4.31. The van der Waals surface area contributed by atoms with Gasteiger partial charge < -0.3 is 10.2 Å². The highest BCUT2D eigenvalue weighted by Gasteiger charge is 2.03. The van der Waals surface area contributed by atoms with Gasteiger partial charge in [0.05, 0.1) is 0 Å². The third kappa shape index (κ3) is 3.49. The lowest BCUT2D eigenvalue weighted by Gasteiger charge is -2.19. The molecule has 1 N–H and O–H groups in total. The lowest BCUT2D eigenvalue weighted by Crippen LogP contribution is -2.33. The van der Waals surface area contributed by atoms with Gasteiger partial charge in [0, 0.05) is 20.6 Å². The fraction of sp³-hybridized carbons (Fsp3) is 0.462. The number of rotatable bonds is 3. The summed E-state index contributed by atoms with van der Waals surface area (Å²) < 4.78 is 0. The largest absolute Gasteiger partial charge is 0.366 e. The average Bonchev–Trinajstić information content (AvgIpc) is 2.28. The predicted molar refractivity (Wildman–Crippen MR) is 73.7 cm³/mol. The molecule has 0 aliphatic rings. The molecule has 0 unspecified atom stereocenters. The van der Waals surface area contributed by atoms with Crippen LogP contribution < -0.4 is 5.32 Å². The molecule has 0 aromatic heterocycles. The Kier molecular flexibility index (Phi) is 4.74. The van der Waals surface area contributed by atoms with Gasteiger partial charge >= 0.3 is 0 Å². The smallest absolute Gasteiger partial charge is 0.168 e. The van der Waals surface area contributed by atoms with Crippen molar-refractivity contribution in [3.05, 3.63) is 35.4 Å². The van der Waals surface area contributed by atoms with Crippen LogP contribution in [0.25, 0.3) is 0 Å². The molecule has 16 heavy (non-hydrogen) atoms. The standard InChI is InChI=1S/C13H20N2S/c1-10(2)12-7-5-11(6-8-12)9-15(4)13(16)14-3/h5-8,10H,9H2,1-4H3,(H,14,16). The Morgan fingerprint density at radius 3 is 2.31 bits per heavy atom. The van der Waals surface area contributed by atoms with Crippen LogP contribution in [-0.4, -0.2) is 24.1 Å². The van der Waals surface area contributed by atoms with Crippen LogP contribution in [0.3, 0.4) is 0 Å². The maximum Gasteiger partial charge on any atom is 0.168 e. The third-order valence-electron chi connectivity index (χ3n) is 2.63. The van der Waals surface area contributed by atoms with Crippen molar-refractivity contribution >= 4 is 17.3 Å². The van der Waals surface area contributed by atoms with E-state index in [1.54, 1.807) is 0 Å². The number of hydrogen-bond acceptors (Lipinski definition) is 1. The van der Waals surface area contributed by atoms with Gasteiger partial charge in [0.25, 0.3) is 0 Å². The summed E-state index contributed by atoms with van der Waals surface area (Å²) in [6.07, 6.45) is 0. The lowest BCUT2D eigenvalue weighted by atomic mass is 10.0. The summed E-state index contributed by atoms with van der Waals surface area (Å²) in [5.74, 6) is 0.588. The first-order valence-electron chi connectivity index (χ1n) is 5.56. The first kappa shape index (κ1) is 13.0. The van der Waals surface area contributed by atoms with Crippen LogP contribution in [0.15, 0.2) is 24.3 Å². The zero-order valence-corrected chi connectivity index (χ0v) is 11.3. The molecule has 0 aliphatic heterocycles. The molecule has 3 heteroatoms. The lowest BCUT2D eigenvalue weighted by molar-refractivity contribution is 0.494. The van der Waals surface area contributed by atoms with Gasteiger partial charge in [-0.3, -0.25) is 0 Å². The van der Waals surface area contributed by atoms with Gasteiger partial charge in [-0.15, -0.1) is 0 Å². The van der Waals surface area contributed by atoms with E-state index in [1.165, 1.54) is 11.1 Å². The van der Waals surface area contributed by atoms with E-state index >= 15 is 0 Å². The van der Waals surface area contributed by atoms with E-state index in [0.717, 1.165) is 11.7 Å². The van der Waals surface area contributed by atoms with Crippen molar-refractivity contribution in [1.29, 1.82) is 0 Å². The Balaban J connectivity index is 2.65. The molecule has 0 spiro atoms. The van der Waals surface area contributed by atoms with Crippen LogP contribution in [-0.2, 0) is 6.54 Å². The average molecular weight is 236 g/mol. The van der Waals surface area contributed by atoms with E-state index in [0.29, 0.717) is 5.92 Å². The molecule has 0 heterocycles. The van der Waals surface area contributed by atoms with Crippen molar-refractivity contribution in [3.63, 3.8) is 0 Å². The maximum absolute atomic E-state index is 5.16. The summed E-state index contributed by atoms with van der Waals surface area (Å²) in [5, 5.41) is 3.74. The molecule has 1 rings (SSSR count). The summed E-state index contributed by atoms with van der Waals surface area (Å²) in [4.78, 5) is 2.03. The molecule has 1 aromatic carbocycles. The Morgan fingerprint density at radius 2 is 1.88 bits per heavy atom. The molecule has 0 radical (unpaired) electrons. The van der Waals surface area contributed by atoms with E-state index in [9.17, 15) is 0 Å². The van der Waals surface area contributed by atoms with Gasteiger partial charge in [-0.05, 0) is 29.3 Å². The van der Waals surface area contributed by atoms with E-state index in [-0.39, 0.29) is 0 Å². The molecule has 88 valence electrons. The fourth-order valence-corrected chi connectivity index (χ4v) is 1.61. The molecule has 0 amide bonds. The fourth-order valence-electron chi connectivity index (χ4n) is 1.54. The Labute approximate surface area is 104 Å². The van der Waals surface area contributed by atoms with Crippen LogP contribution in [0, 0.1) is 0 Å². The molecular weight excluding hydrogens is 216 g/mol. The van der Waals surface area contributed by atoms with Crippen molar-refractivity contribution in [1.82, 2.24) is 10.2 Å². The van der Waals surface area contributed by atoms with E-state index in [1.807, 2.05) is 19.0 Å². The summed E-state index contributed by atoms with van der Waals surface area (Å²) >= 11 is 5.16. The van der Waals surface area contributed by atoms with E-state index in [4.69, 9.17) is 12.2 Å². The van der Waals surface area contributed by atoms with Crippen molar-refractivity contribution in [2.45, 2.75) is 26.3 Å². The molecular formula is C13H20N2S. The second kappa shape index (κ2) is 5.85. The normalized spacial score (nSPS) is 10.3. The van der Waals surface area contributed by atoms with Crippen LogP contribution in [0.1, 0.15) is 30.9 Å². The van der Waals surface area contributed by atoms with Crippen molar-refractivity contribution in [2.75, 3.05) is 14.1 Å². The quantitative estimate of drug-likeness (QED) is 0.812. The highest BCUT2D eigenvalue weighted by Crippen LogP contribution is 2.15. The third-order valence-corrected chi connectivity index (χ3v) is 3.14. The molecule has 0 fully saturated rings. The molecule has 1 aromatic rings. The number of nitrogens with zero attached hydrogens (tertiary/aromatic N) is 1. The Bertz CT molecular complexity index is 343. The van der Waals surface area contributed by atoms with Gasteiger partial charge in [-0.2, -0.15) is 0 Å². The zero-order valence-electron chi connectivity index (χ0n) is 10.4. The number of hydrogen-bond donors (Lipinski definition) is 1. The maximum atomic E-state index is 5.16. The minimum atomic E-state index is 0.588. The zero-order chi connectivity index (χ0) is 12.1. The predicted octanol–water partition coefficient (Wildman–Crippen LogP) is 2.75. The van der Waals surface area contributed by atoms with Gasteiger partial charge in [0.2, 0.25) is 0 Å². The van der Waals surface area contributed by atoms with Crippen LogP contribution in [0.2, 0.25) is 0 Å². The second-order valence-corrected chi connectivity index (χ2v) is 4.69. The molecule has 2 nitrogen and oxygen atoms in total. The number of nitrogens with one attached hydrogen (secondary N) is 1. The number of benzene rings is 1. The summed E-state index contributed by atoms with van der Waals surface area (Å²) in [5.41, 5.74) is 2.66. The van der Waals surface area contributed by atoms with Crippen molar-refractivity contribution in [3.8, 4) is 0 Å². The summed E-state index contributed by atoms with van der Waals surface area (Å²) in [6, 6.07) is 8.72. The monoisotopic (exact) mass is 236 g/mol. The van der Waals surface area contributed by atoms with E-state index in [2.05, 4.69) is 43.4 Å². The molecule has 0 bridgehead atoms. The minimum Gasteiger partial charge on any atom is -0.366 e. The molecule has 0 saturated carbocycles. The SMILES string of the molecule is CNC(=S)N(C)Cc1ccc(C(C)C)cc1. The molecule has 0 aliphatic carbocycles. The van der Waals surface area contributed by atoms with Gasteiger partial charge in [0.1, 0.15) is 0 Å².